The first-order valence-electron chi connectivity index (χ1n) is 8.30. The molecule has 0 atom stereocenters. The van der Waals surface area contributed by atoms with Crippen LogP contribution in [0.2, 0.25) is 5.02 Å². The van der Waals surface area contributed by atoms with Gasteiger partial charge in [0.05, 0.1) is 5.75 Å². The van der Waals surface area contributed by atoms with Crippen LogP contribution in [-0.2, 0) is 28.6 Å². The Kier molecular flexibility index (Phi) is 7.48. The molecule has 0 aliphatic rings. The van der Waals surface area contributed by atoms with E-state index in [0.717, 1.165) is 35.1 Å². The third-order valence-corrected chi connectivity index (χ3v) is 4.86. The summed E-state index contributed by atoms with van der Waals surface area (Å²) in [6, 6.07) is 15.3. The molecule has 0 fully saturated rings. The molecule has 26 heavy (non-hydrogen) atoms. The molecule has 5 nitrogen and oxygen atoms in total. The van der Waals surface area contributed by atoms with Crippen molar-refractivity contribution in [1.82, 2.24) is 10.6 Å². The lowest BCUT2D eigenvalue weighted by molar-refractivity contribution is 0.601. The van der Waals surface area contributed by atoms with Gasteiger partial charge >= 0.3 is 0 Å². The maximum Gasteiger partial charge on any atom is 0.191 e. The van der Waals surface area contributed by atoms with Crippen molar-refractivity contribution in [3.8, 4) is 0 Å². The second kappa shape index (κ2) is 9.59. The molecule has 0 aliphatic carbocycles. The van der Waals surface area contributed by atoms with Crippen LogP contribution in [0.25, 0.3) is 0 Å². The molecular formula is C19H24ClN3O2S. The number of halogens is 1. The lowest BCUT2D eigenvalue weighted by atomic mass is 10.1. The lowest BCUT2D eigenvalue weighted by Gasteiger charge is -2.12. The highest BCUT2D eigenvalue weighted by Crippen LogP contribution is 2.10. The number of nitrogens with zero attached hydrogens (tertiary/aromatic N) is 1. The monoisotopic (exact) mass is 393 g/mol. The van der Waals surface area contributed by atoms with Crippen molar-refractivity contribution in [2.24, 2.45) is 4.99 Å². The summed E-state index contributed by atoms with van der Waals surface area (Å²) in [5.74, 6) is 0.786. The van der Waals surface area contributed by atoms with Gasteiger partial charge in [-0.05, 0) is 35.2 Å². The number of guanidine groups is 1. The Morgan fingerprint density at radius 1 is 0.962 bits per heavy atom. The number of sulfone groups is 1. The van der Waals surface area contributed by atoms with Crippen molar-refractivity contribution in [3.05, 3.63) is 70.2 Å². The maximum atomic E-state index is 11.3. The molecule has 0 unspecified atom stereocenters. The van der Waals surface area contributed by atoms with Gasteiger partial charge in [0.25, 0.3) is 0 Å². The highest BCUT2D eigenvalue weighted by molar-refractivity contribution is 7.89. The molecule has 0 saturated carbocycles. The molecule has 2 aromatic carbocycles. The molecule has 7 heteroatoms. The number of hydrogen-bond acceptors (Lipinski definition) is 3. The number of nitrogens with one attached hydrogen (secondary N) is 2. The molecule has 0 spiro atoms. The number of aliphatic imine (C=N–C) groups is 1. The molecule has 2 rings (SSSR count). The second-order valence-corrected chi connectivity index (χ2v) is 8.69. The Morgan fingerprint density at radius 2 is 1.54 bits per heavy atom. The van der Waals surface area contributed by atoms with E-state index in [2.05, 4.69) is 15.6 Å². The minimum atomic E-state index is -3.01. The van der Waals surface area contributed by atoms with Gasteiger partial charge in [0.2, 0.25) is 0 Å². The zero-order valence-electron chi connectivity index (χ0n) is 15.0. The molecule has 0 amide bonds. The average Bonchev–Trinajstić information content (AvgIpc) is 2.59. The fourth-order valence-corrected chi connectivity index (χ4v) is 3.36. The largest absolute Gasteiger partial charge is 0.356 e. The smallest absolute Gasteiger partial charge is 0.191 e. The van der Waals surface area contributed by atoms with Gasteiger partial charge in [-0.2, -0.15) is 0 Å². The number of benzene rings is 2. The molecular weight excluding hydrogens is 370 g/mol. The average molecular weight is 394 g/mol. The van der Waals surface area contributed by atoms with E-state index in [1.165, 1.54) is 11.8 Å². The highest BCUT2D eigenvalue weighted by atomic mass is 35.5. The van der Waals surface area contributed by atoms with Crippen LogP contribution in [0.15, 0.2) is 53.5 Å². The predicted octanol–water partition coefficient (Wildman–Crippen LogP) is 2.79. The van der Waals surface area contributed by atoms with E-state index in [4.69, 9.17) is 11.6 Å². The Hall–Kier alpha value is -2.05. The quantitative estimate of drug-likeness (QED) is 0.560. The first-order valence-corrected chi connectivity index (χ1v) is 10.7. The van der Waals surface area contributed by atoms with Gasteiger partial charge in [-0.3, -0.25) is 4.99 Å². The molecule has 0 heterocycles. The van der Waals surface area contributed by atoms with Crippen LogP contribution in [0.3, 0.4) is 0 Å². The fraction of sp³-hybridized carbons (Fsp3) is 0.316. The summed E-state index contributed by atoms with van der Waals surface area (Å²) in [6.07, 6.45) is 2.11. The van der Waals surface area contributed by atoms with Crippen molar-refractivity contribution in [2.75, 3.05) is 19.8 Å². The van der Waals surface area contributed by atoms with Crippen molar-refractivity contribution in [3.63, 3.8) is 0 Å². The van der Waals surface area contributed by atoms with Crippen LogP contribution in [0.1, 0.15) is 16.7 Å². The summed E-state index contributed by atoms with van der Waals surface area (Å²) in [4.78, 5) is 4.21. The number of hydrogen-bond donors (Lipinski definition) is 2. The number of rotatable bonds is 7. The standard InChI is InChI=1S/C19H24ClN3O2S/c1-21-19(22-12-11-15-7-9-18(20)10-8-15)23-13-16-3-5-17(6-4-16)14-26(2,24)25/h3-10H,11-14H2,1-2H3,(H2,21,22,23). The minimum Gasteiger partial charge on any atom is -0.356 e. The summed E-state index contributed by atoms with van der Waals surface area (Å²) in [5.41, 5.74) is 3.06. The Balaban J connectivity index is 1.78. The van der Waals surface area contributed by atoms with E-state index in [-0.39, 0.29) is 5.75 Å². The molecule has 2 N–H and O–H groups in total. The van der Waals surface area contributed by atoms with E-state index in [9.17, 15) is 8.42 Å². The minimum absolute atomic E-state index is 0.0641. The van der Waals surface area contributed by atoms with Crippen LogP contribution in [0.4, 0.5) is 0 Å². The summed E-state index contributed by atoms with van der Waals surface area (Å²) in [6.45, 7) is 1.37. The van der Waals surface area contributed by atoms with Gasteiger partial charge in [-0.25, -0.2) is 8.42 Å². The zero-order valence-corrected chi connectivity index (χ0v) is 16.6. The lowest BCUT2D eigenvalue weighted by Crippen LogP contribution is -2.37. The molecule has 0 saturated heterocycles. The summed E-state index contributed by atoms with van der Waals surface area (Å²) in [7, 11) is -1.28. The van der Waals surface area contributed by atoms with Crippen molar-refractivity contribution in [1.29, 1.82) is 0 Å². The van der Waals surface area contributed by atoms with E-state index >= 15 is 0 Å². The van der Waals surface area contributed by atoms with Gasteiger partial charge in [-0.1, -0.05) is 48.0 Å². The van der Waals surface area contributed by atoms with E-state index < -0.39 is 9.84 Å². The van der Waals surface area contributed by atoms with E-state index in [0.29, 0.717) is 6.54 Å². The van der Waals surface area contributed by atoms with Crippen LogP contribution in [0, 0.1) is 0 Å². The van der Waals surface area contributed by atoms with Crippen molar-refractivity contribution < 1.29 is 8.42 Å². The van der Waals surface area contributed by atoms with E-state index in [1.54, 1.807) is 7.05 Å². The van der Waals surface area contributed by atoms with Gasteiger partial charge in [0, 0.05) is 31.4 Å². The SMILES string of the molecule is CN=C(NCCc1ccc(Cl)cc1)NCc1ccc(CS(C)(=O)=O)cc1. The highest BCUT2D eigenvalue weighted by Gasteiger charge is 2.04. The molecule has 0 radical (unpaired) electrons. The molecule has 0 bridgehead atoms. The topological polar surface area (TPSA) is 70.6 Å². The first-order chi connectivity index (χ1) is 12.4. The van der Waals surface area contributed by atoms with Gasteiger partial charge in [-0.15, -0.1) is 0 Å². The Labute approximate surface area is 160 Å². The van der Waals surface area contributed by atoms with Gasteiger partial charge < -0.3 is 10.6 Å². The fourth-order valence-electron chi connectivity index (χ4n) is 2.44. The van der Waals surface area contributed by atoms with Crippen LogP contribution >= 0.6 is 11.6 Å². The molecule has 0 aliphatic heterocycles. The van der Waals surface area contributed by atoms with Crippen molar-refractivity contribution in [2.45, 2.75) is 18.7 Å². The van der Waals surface area contributed by atoms with Gasteiger partial charge in [0.15, 0.2) is 15.8 Å². The van der Waals surface area contributed by atoms with Gasteiger partial charge in [0.1, 0.15) is 0 Å². The Morgan fingerprint density at radius 3 is 2.12 bits per heavy atom. The Bertz CT molecular complexity index is 832. The summed E-state index contributed by atoms with van der Waals surface area (Å²) < 4.78 is 22.6. The second-order valence-electron chi connectivity index (χ2n) is 6.12. The first kappa shape index (κ1) is 20.3. The van der Waals surface area contributed by atoms with Crippen LogP contribution in [0.5, 0.6) is 0 Å². The third-order valence-electron chi connectivity index (χ3n) is 3.75. The zero-order chi connectivity index (χ0) is 19.0. The molecule has 2 aromatic rings. The normalized spacial score (nSPS) is 12.0. The maximum absolute atomic E-state index is 11.3. The molecule has 0 aromatic heterocycles. The van der Waals surface area contributed by atoms with Crippen LogP contribution < -0.4 is 10.6 Å². The van der Waals surface area contributed by atoms with Crippen LogP contribution in [-0.4, -0.2) is 34.2 Å². The van der Waals surface area contributed by atoms with Crippen molar-refractivity contribution >= 4 is 27.4 Å². The third kappa shape index (κ3) is 7.45. The van der Waals surface area contributed by atoms with E-state index in [1.807, 2.05) is 48.5 Å². The summed E-state index contributed by atoms with van der Waals surface area (Å²) in [5, 5.41) is 7.26. The molecule has 140 valence electrons. The predicted molar refractivity (Wildman–Crippen MR) is 108 cm³/mol. The summed E-state index contributed by atoms with van der Waals surface area (Å²) >= 11 is 5.88.